The third kappa shape index (κ3) is 3.27. The molecule has 2 aromatic rings. The Labute approximate surface area is 137 Å². The smallest absolute Gasteiger partial charge is 0.161 e. The minimum absolute atomic E-state index is 0.0858. The fourth-order valence-electron chi connectivity index (χ4n) is 2.93. The highest BCUT2D eigenvalue weighted by atomic mass is 16.5. The summed E-state index contributed by atoms with van der Waals surface area (Å²) in [5.41, 5.74) is 8.52. The number of benzene rings is 2. The molecule has 0 radical (unpaired) electrons. The van der Waals surface area contributed by atoms with Crippen molar-refractivity contribution in [1.82, 2.24) is 0 Å². The molecule has 0 spiro atoms. The standard InChI is InChI=1S/C19H23NO3/c1-3-21-17-10-9-14(12-18(17)22-4-2)19-15(20)11-13-7-5-6-8-16(13)23-19/h5-10,12,15,19H,3-4,11,20H2,1-2H3/t15-,19-/m1/s1. The summed E-state index contributed by atoms with van der Waals surface area (Å²) in [4.78, 5) is 0. The van der Waals surface area contributed by atoms with E-state index in [2.05, 4.69) is 6.07 Å². The van der Waals surface area contributed by atoms with E-state index in [1.165, 1.54) is 0 Å². The Balaban J connectivity index is 1.90. The number of nitrogens with two attached hydrogens (primary N) is 1. The molecule has 0 fully saturated rings. The average molecular weight is 313 g/mol. The van der Waals surface area contributed by atoms with Crippen LogP contribution in [0, 0.1) is 0 Å². The van der Waals surface area contributed by atoms with E-state index < -0.39 is 0 Å². The van der Waals surface area contributed by atoms with E-state index >= 15 is 0 Å². The SMILES string of the molecule is CCOc1ccc([C@H]2Oc3ccccc3C[C@H]2N)cc1OCC. The van der Waals surface area contributed by atoms with Gasteiger partial charge >= 0.3 is 0 Å². The van der Waals surface area contributed by atoms with E-state index in [4.69, 9.17) is 19.9 Å². The van der Waals surface area contributed by atoms with Gasteiger partial charge in [-0.3, -0.25) is 0 Å². The van der Waals surface area contributed by atoms with Crippen molar-refractivity contribution in [3.05, 3.63) is 53.6 Å². The summed E-state index contributed by atoms with van der Waals surface area (Å²) in [5, 5.41) is 0. The maximum absolute atomic E-state index is 6.35. The summed E-state index contributed by atoms with van der Waals surface area (Å²) in [7, 11) is 0. The van der Waals surface area contributed by atoms with E-state index in [0.717, 1.165) is 34.8 Å². The molecule has 1 aliphatic rings. The van der Waals surface area contributed by atoms with Crippen LogP contribution >= 0.6 is 0 Å². The zero-order chi connectivity index (χ0) is 16.2. The Bertz CT molecular complexity index is 671. The number of para-hydroxylation sites is 1. The van der Waals surface area contributed by atoms with Crippen LogP contribution in [0.4, 0.5) is 0 Å². The first-order valence-corrected chi connectivity index (χ1v) is 8.12. The molecule has 0 bridgehead atoms. The van der Waals surface area contributed by atoms with Crippen molar-refractivity contribution in [2.45, 2.75) is 32.4 Å². The van der Waals surface area contributed by atoms with Crippen molar-refractivity contribution in [2.24, 2.45) is 5.73 Å². The van der Waals surface area contributed by atoms with Gasteiger partial charge in [-0.1, -0.05) is 24.3 Å². The highest BCUT2D eigenvalue weighted by Gasteiger charge is 2.29. The molecule has 3 rings (SSSR count). The first-order chi connectivity index (χ1) is 11.2. The fourth-order valence-corrected chi connectivity index (χ4v) is 2.93. The summed E-state index contributed by atoms with van der Waals surface area (Å²) in [6.07, 6.45) is 0.623. The van der Waals surface area contributed by atoms with Gasteiger partial charge in [0.15, 0.2) is 11.5 Å². The maximum Gasteiger partial charge on any atom is 0.161 e. The van der Waals surface area contributed by atoms with Gasteiger partial charge in [0.2, 0.25) is 0 Å². The Morgan fingerprint density at radius 3 is 2.57 bits per heavy atom. The highest BCUT2D eigenvalue weighted by Crippen LogP contribution is 2.37. The third-order valence-corrected chi connectivity index (χ3v) is 3.97. The summed E-state index contributed by atoms with van der Waals surface area (Å²) in [5.74, 6) is 2.40. The lowest BCUT2D eigenvalue weighted by molar-refractivity contribution is 0.153. The van der Waals surface area contributed by atoms with Crippen molar-refractivity contribution >= 4 is 0 Å². The van der Waals surface area contributed by atoms with Crippen LogP contribution in [0.15, 0.2) is 42.5 Å². The van der Waals surface area contributed by atoms with E-state index in [1.807, 2.05) is 50.2 Å². The van der Waals surface area contributed by atoms with Crippen LogP contribution in [0.1, 0.15) is 31.1 Å². The van der Waals surface area contributed by atoms with Crippen LogP contribution in [0.25, 0.3) is 0 Å². The summed E-state index contributed by atoms with van der Waals surface area (Å²) < 4.78 is 17.5. The lowest BCUT2D eigenvalue weighted by Gasteiger charge is -2.32. The molecule has 0 amide bonds. The van der Waals surface area contributed by atoms with Gasteiger partial charge in [0.25, 0.3) is 0 Å². The van der Waals surface area contributed by atoms with Crippen LogP contribution in [0.3, 0.4) is 0 Å². The molecule has 0 saturated carbocycles. The minimum atomic E-state index is -0.181. The van der Waals surface area contributed by atoms with Gasteiger partial charge in [-0.2, -0.15) is 0 Å². The number of hydrogen-bond donors (Lipinski definition) is 1. The first kappa shape index (κ1) is 15.7. The van der Waals surface area contributed by atoms with Gasteiger partial charge in [-0.05, 0) is 49.6 Å². The molecule has 23 heavy (non-hydrogen) atoms. The van der Waals surface area contributed by atoms with E-state index in [0.29, 0.717) is 13.2 Å². The molecule has 0 aromatic heterocycles. The van der Waals surface area contributed by atoms with E-state index in [9.17, 15) is 0 Å². The van der Waals surface area contributed by atoms with Crippen LogP contribution in [0.2, 0.25) is 0 Å². The Hall–Kier alpha value is -2.20. The third-order valence-electron chi connectivity index (χ3n) is 3.97. The van der Waals surface area contributed by atoms with Crippen molar-refractivity contribution in [1.29, 1.82) is 0 Å². The van der Waals surface area contributed by atoms with Gasteiger partial charge in [0.1, 0.15) is 11.9 Å². The molecule has 0 aliphatic carbocycles. The monoisotopic (exact) mass is 313 g/mol. The Morgan fingerprint density at radius 2 is 1.78 bits per heavy atom. The molecular formula is C19H23NO3. The predicted octanol–water partition coefficient (Wildman–Crippen LogP) is 3.49. The van der Waals surface area contributed by atoms with Gasteiger partial charge in [-0.25, -0.2) is 0 Å². The Kier molecular flexibility index (Phi) is 4.72. The number of hydrogen-bond acceptors (Lipinski definition) is 4. The molecule has 122 valence electrons. The molecule has 4 nitrogen and oxygen atoms in total. The molecule has 2 N–H and O–H groups in total. The molecule has 2 aromatic carbocycles. The zero-order valence-corrected chi connectivity index (χ0v) is 13.6. The number of fused-ring (bicyclic) bond motifs is 1. The largest absolute Gasteiger partial charge is 0.490 e. The zero-order valence-electron chi connectivity index (χ0n) is 13.6. The minimum Gasteiger partial charge on any atom is -0.490 e. The summed E-state index contributed by atoms with van der Waals surface area (Å²) in [6.45, 7) is 5.11. The van der Waals surface area contributed by atoms with Crippen LogP contribution in [-0.4, -0.2) is 19.3 Å². The molecule has 4 heteroatoms. The topological polar surface area (TPSA) is 53.7 Å². The highest BCUT2D eigenvalue weighted by molar-refractivity contribution is 5.45. The fraction of sp³-hybridized carbons (Fsp3) is 0.368. The van der Waals surface area contributed by atoms with Gasteiger partial charge < -0.3 is 19.9 Å². The quantitative estimate of drug-likeness (QED) is 0.918. The molecule has 0 saturated heterocycles. The van der Waals surface area contributed by atoms with Gasteiger partial charge in [-0.15, -0.1) is 0 Å². The lowest BCUT2D eigenvalue weighted by atomic mass is 9.93. The van der Waals surface area contributed by atoms with Crippen molar-refractivity contribution in [3.63, 3.8) is 0 Å². The second-order valence-electron chi connectivity index (χ2n) is 5.59. The number of ether oxygens (including phenoxy) is 3. The molecule has 0 unspecified atom stereocenters. The lowest BCUT2D eigenvalue weighted by Crippen LogP contribution is -2.37. The molecule has 1 aliphatic heterocycles. The summed E-state index contributed by atoms with van der Waals surface area (Å²) in [6, 6.07) is 13.9. The van der Waals surface area contributed by atoms with Gasteiger partial charge in [0, 0.05) is 0 Å². The predicted molar refractivity (Wildman–Crippen MR) is 90.3 cm³/mol. The molecule has 2 atom stereocenters. The van der Waals surface area contributed by atoms with E-state index in [1.54, 1.807) is 0 Å². The van der Waals surface area contributed by atoms with Crippen LogP contribution < -0.4 is 19.9 Å². The maximum atomic E-state index is 6.35. The van der Waals surface area contributed by atoms with Crippen LogP contribution in [-0.2, 0) is 6.42 Å². The first-order valence-electron chi connectivity index (χ1n) is 8.12. The number of rotatable bonds is 5. The Morgan fingerprint density at radius 1 is 1.04 bits per heavy atom. The van der Waals surface area contributed by atoms with E-state index in [-0.39, 0.29) is 12.1 Å². The second kappa shape index (κ2) is 6.92. The van der Waals surface area contributed by atoms with Crippen molar-refractivity contribution < 1.29 is 14.2 Å². The molecular weight excluding hydrogens is 290 g/mol. The molecule has 1 heterocycles. The normalized spacial score (nSPS) is 19.6. The van der Waals surface area contributed by atoms with Gasteiger partial charge in [0.05, 0.1) is 19.3 Å². The van der Waals surface area contributed by atoms with Crippen LogP contribution in [0.5, 0.6) is 17.2 Å². The summed E-state index contributed by atoms with van der Waals surface area (Å²) >= 11 is 0. The second-order valence-corrected chi connectivity index (χ2v) is 5.59. The average Bonchev–Trinajstić information content (AvgIpc) is 2.56. The van der Waals surface area contributed by atoms with Crippen molar-refractivity contribution in [3.8, 4) is 17.2 Å². The van der Waals surface area contributed by atoms with Crippen molar-refractivity contribution in [2.75, 3.05) is 13.2 Å².